The highest BCUT2D eigenvalue weighted by Gasteiger charge is 2.52. The number of methoxy groups -OCH3 is 1. The van der Waals surface area contributed by atoms with Crippen LogP contribution in [0.4, 0.5) is 0 Å². The van der Waals surface area contributed by atoms with Crippen molar-refractivity contribution in [1.29, 1.82) is 0 Å². The molecule has 1 aliphatic heterocycles. The molecule has 116 valence electrons. The van der Waals surface area contributed by atoms with E-state index in [1.165, 1.54) is 0 Å². The topological polar surface area (TPSA) is 53.7 Å². The zero-order valence-corrected chi connectivity index (χ0v) is 13.9. The zero-order valence-electron chi connectivity index (χ0n) is 13.9. The predicted molar refractivity (Wildman–Crippen MR) is 86.1 cm³/mol. The van der Waals surface area contributed by atoms with Gasteiger partial charge in [0.15, 0.2) is 0 Å². The van der Waals surface area contributed by atoms with Gasteiger partial charge in [-0.3, -0.25) is 0 Å². The first kappa shape index (κ1) is 16.3. The molecule has 21 heavy (non-hydrogen) atoms. The average molecular weight is 291 g/mol. The van der Waals surface area contributed by atoms with E-state index in [0.29, 0.717) is 0 Å². The second-order valence-corrected chi connectivity index (χ2v) is 6.85. The van der Waals surface area contributed by atoms with Crippen LogP contribution < -0.4 is 15.9 Å². The van der Waals surface area contributed by atoms with Gasteiger partial charge in [-0.2, -0.15) is 0 Å². The van der Waals surface area contributed by atoms with Crippen molar-refractivity contribution in [2.75, 3.05) is 7.11 Å². The molecule has 1 heterocycles. The van der Waals surface area contributed by atoms with Crippen LogP contribution in [0.1, 0.15) is 40.2 Å². The molecule has 0 amide bonds. The molecule has 2 N–H and O–H groups in total. The second kappa shape index (κ2) is 5.63. The van der Waals surface area contributed by atoms with Crippen LogP contribution in [0.2, 0.25) is 0 Å². The van der Waals surface area contributed by atoms with E-state index >= 15 is 0 Å². The van der Waals surface area contributed by atoms with Crippen LogP contribution in [0.3, 0.4) is 0 Å². The third-order valence-corrected chi connectivity index (χ3v) is 4.36. The van der Waals surface area contributed by atoms with E-state index in [9.17, 15) is 0 Å². The molecule has 1 atom stereocenters. The third-order valence-electron chi connectivity index (χ3n) is 4.36. The zero-order chi connectivity index (χ0) is 15.8. The van der Waals surface area contributed by atoms with Crippen molar-refractivity contribution in [3.05, 3.63) is 23.8 Å². The van der Waals surface area contributed by atoms with Gasteiger partial charge in [-0.15, -0.1) is 0 Å². The lowest BCUT2D eigenvalue weighted by molar-refractivity contribution is 0.00578. The smallest absolute Gasteiger partial charge is 0.497 e. The van der Waals surface area contributed by atoms with Crippen LogP contribution in [0.5, 0.6) is 5.75 Å². The predicted octanol–water partition coefficient (Wildman–Crippen LogP) is 1.88. The first-order valence-corrected chi connectivity index (χ1v) is 7.44. The van der Waals surface area contributed by atoms with Gasteiger partial charge in [0.05, 0.1) is 18.3 Å². The van der Waals surface area contributed by atoms with Crippen LogP contribution in [0, 0.1) is 0 Å². The lowest BCUT2D eigenvalue weighted by atomic mass is 9.77. The molecule has 1 fully saturated rings. The second-order valence-electron chi connectivity index (χ2n) is 6.85. The summed E-state index contributed by atoms with van der Waals surface area (Å²) in [4.78, 5) is 0. The summed E-state index contributed by atoms with van der Waals surface area (Å²) in [6.45, 7) is 10.2. The maximum absolute atomic E-state index is 6.12. The van der Waals surface area contributed by atoms with E-state index in [0.717, 1.165) is 23.2 Å². The molecule has 1 aromatic rings. The molecule has 0 radical (unpaired) electrons. The van der Waals surface area contributed by atoms with Crippen LogP contribution >= 0.6 is 0 Å². The average Bonchev–Trinajstić information content (AvgIpc) is 2.57. The molecule has 4 nitrogen and oxygen atoms in total. The molecule has 0 bridgehead atoms. The van der Waals surface area contributed by atoms with E-state index in [2.05, 4.69) is 6.07 Å². The van der Waals surface area contributed by atoms with Crippen molar-refractivity contribution in [2.45, 2.75) is 58.3 Å². The Morgan fingerprint density at radius 3 is 2.24 bits per heavy atom. The summed E-state index contributed by atoms with van der Waals surface area (Å²) >= 11 is 0. The first-order chi connectivity index (χ1) is 9.66. The standard InChI is InChI=1S/C16H26BNO3/c1-11(18)9-12-7-8-14(19-6)13(10-12)17-20-15(2,3)16(4,5)21-17/h7-8,10-11H,9,18H2,1-6H3/t11-/m1/s1. The highest BCUT2D eigenvalue weighted by Crippen LogP contribution is 2.37. The first-order valence-electron chi connectivity index (χ1n) is 7.44. The van der Waals surface area contributed by atoms with Crippen molar-refractivity contribution in [1.82, 2.24) is 0 Å². The highest BCUT2D eigenvalue weighted by atomic mass is 16.7. The molecule has 0 spiro atoms. The SMILES string of the molecule is COc1ccc(C[C@@H](C)N)cc1B1OC(C)(C)C(C)(C)O1. The fourth-order valence-corrected chi connectivity index (χ4v) is 2.44. The summed E-state index contributed by atoms with van der Waals surface area (Å²) in [5.41, 5.74) is 7.26. The fraction of sp³-hybridized carbons (Fsp3) is 0.625. The minimum absolute atomic E-state index is 0.115. The maximum Gasteiger partial charge on any atom is 0.498 e. The van der Waals surface area contributed by atoms with Crippen LogP contribution in [-0.2, 0) is 15.7 Å². The molecule has 2 rings (SSSR count). The van der Waals surface area contributed by atoms with Crippen molar-refractivity contribution in [3.63, 3.8) is 0 Å². The molecule has 1 saturated heterocycles. The van der Waals surface area contributed by atoms with Gasteiger partial charge in [-0.1, -0.05) is 12.1 Å². The van der Waals surface area contributed by atoms with Crippen molar-refractivity contribution >= 4 is 12.6 Å². The van der Waals surface area contributed by atoms with Gasteiger partial charge >= 0.3 is 7.12 Å². The summed E-state index contributed by atoms with van der Waals surface area (Å²) in [5.74, 6) is 0.780. The van der Waals surface area contributed by atoms with Gasteiger partial charge in [0.2, 0.25) is 0 Å². The van der Waals surface area contributed by atoms with E-state index in [-0.39, 0.29) is 17.2 Å². The fourth-order valence-electron chi connectivity index (χ4n) is 2.44. The number of hydrogen-bond donors (Lipinski definition) is 1. The lowest BCUT2D eigenvalue weighted by Crippen LogP contribution is -2.41. The summed E-state index contributed by atoms with van der Waals surface area (Å²) in [6, 6.07) is 6.18. The monoisotopic (exact) mass is 291 g/mol. The lowest BCUT2D eigenvalue weighted by Gasteiger charge is -2.32. The summed E-state index contributed by atoms with van der Waals surface area (Å²) in [7, 11) is 1.24. The van der Waals surface area contributed by atoms with Gasteiger partial charge in [0.25, 0.3) is 0 Å². The van der Waals surface area contributed by atoms with E-state index in [1.807, 2.05) is 46.8 Å². The van der Waals surface area contributed by atoms with Crippen molar-refractivity contribution < 1.29 is 14.0 Å². The van der Waals surface area contributed by atoms with Crippen molar-refractivity contribution in [2.24, 2.45) is 5.73 Å². The Morgan fingerprint density at radius 2 is 1.76 bits per heavy atom. The largest absolute Gasteiger partial charge is 0.498 e. The molecule has 5 heteroatoms. The summed E-state index contributed by atoms with van der Waals surface area (Å²) in [5, 5.41) is 0. The number of nitrogens with two attached hydrogens (primary N) is 1. The highest BCUT2D eigenvalue weighted by molar-refractivity contribution is 6.63. The quantitative estimate of drug-likeness (QED) is 0.861. The minimum Gasteiger partial charge on any atom is -0.497 e. The molecule has 0 saturated carbocycles. The van der Waals surface area contributed by atoms with Crippen LogP contribution in [-0.4, -0.2) is 31.5 Å². The van der Waals surface area contributed by atoms with Gasteiger partial charge in [0, 0.05) is 11.5 Å². The summed E-state index contributed by atoms with van der Waals surface area (Å²) < 4.78 is 17.7. The van der Waals surface area contributed by atoms with Crippen molar-refractivity contribution in [3.8, 4) is 5.75 Å². The molecule has 0 aromatic heterocycles. The number of rotatable bonds is 4. The number of ether oxygens (including phenoxy) is 1. The van der Waals surface area contributed by atoms with Gasteiger partial charge in [-0.25, -0.2) is 0 Å². The molecule has 0 unspecified atom stereocenters. The van der Waals surface area contributed by atoms with E-state index in [1.54, 1.807) is 7.11 Å². The third kappa shape index (κ3) is 3.25. The molecule has 0 aliphatic carbocycles. The van der Waals surface area contributed by atoms with Crippen LogP contribution in [0.25, 0.3) is 0 Å². The number of hydrogen-bond acceptors (Lipinski definition) is 4. The minimum atomic E-state index is -0.419. The maximum atomic E-state index is 6.12. The van der Waals surface area contributed by atoms with Crippen LogP contribution in [0.15, 0.2) is 18.2 Å². The Morgan fingerprint density at radius 1 is 1.19 bits per heavy atom. The molecule has 1 aliphatic rings. The van der Waals surface area contributed by atoms with Gasteiger partial charge in [-0.05, 0) is 52.7 Å². The van der Waals surface area contributed by atoms with Gasteiger partial charge < -0.3 is 19.8 Å². The van der Waals surface area contributed by atoms with E-state index < -0.39 is 7.12 Å². The normalized spacial score (nSPS) is 21.4. The Kier molecular flexibility index (Phi) is 4.38. The summed E-state index contributed by atoms with van der Waals surface area (Å²) in [6.07, 6.45) is 0.816. The Bertz CT molecular complexity index is 498. The van der Waals surface area contributed by atoms with Gasteiger partial charge in [0.1, 0.15) is 5.75 Å². The molecule has 1 aromatic carbocycles. The Balaban J connectivity index is 2.34. The van der Waals surface area contributed by atoms with E-state index in [4.69, 9.17) is 19.8 Å². The molecular formula is C16H26BNO3. The number of benzene rings is 1. The Hall–Kier alpha value is -1.04. The molecular weight excluding hydrogens is 265 g/mol. The Labute approximate surface area is 128 Å².